The van der Waals surface area contributed by atoms with Crippen LogP contribution in [0.2, 0.25) is 0 Å². The molecule has 0 bridgehead atoms. The minimum absolute atomic E-state index is 0.184. The molecule has 0 saturated carbocycles. The largest absolute Gasteiger partial charge is 0.352 e. The van der Waals surface area contributed by atoms with Crippen molar-refractivity contribution < 1.29 is 9.59 Å². The summed E-state index contributed by atoms with van der Waals surface area (Å²) in [5, 5.41) is 9.39. The third-order valence-electron chi connectivity index (χ3n) is 2.86. The monoisotopic (exact) mass is 263 g/mol. The van der Waals surface area contributed by atoms with Gasteiger partial charge in [0.25, 0.3) is 0 Å². The van der Waals surface area contributed by atoms with Crippen molar-refractivity contribution in [3.63, 3.8) is 0 Å². The molecule has 1 aromatic heterocycles. The summed E-state index contributed by atoms with van der Waals surface area (Å²) < 4.78 is 1.83. The zero-order valence-electron chi connectivity index (χ0n) is 10.7. The Morgan fingerprint density at radius 1 is 1.42 bits per heavy atom. The predicted octanol–water partition coefficient (Wildman–Crippen LogP) is 0.245. The zero-order valence-corrected chi connectivity index (χ0v) is 10.7. The van der Waals surface area contributed by atoms with Gasteiger partial charge in [0.15, 0.2) is 0 Å². The number of hydrogen-bond acceptors (Lipinski definition) is 4. The Balaban J connectivity index is 1.80. The van der Waals surface area contributed by atoms with E-state index in [9.17, 15) is 9.59 Å². The summed E-state index contributed by atoms with van der Waals surface area (Å²) in [4.78, 5) is 26.8. The third-order valence-corrected chi connectivity index (χ3v) is 2.86. The Bertz CT molecular complexity index is 471. The summed E-state index contributed by atoms with van der Waals surface area (Å²) in [6.07, 6.45) is 4.46. The number of amides is 2. The van der Waals surface area contributed by atoms with Crippen LogP contribution >= 0.6 is 0 Å². The molecule has 2 rings (SSSR count). The van der Waals surface area contributed by atoms with Gasteiger partial charge in [-0.25, -0.2) is 4.68 Å². The van der Waals surface area contributed by atoms with Crippen LogP contribution in [-0.4, -0.2) is 33.1 Å². The number of fused-ring (bicyclic) bond motifs is 1. The van der Waals surface area contributed by atoms with Crippen LogP contribution in [0.25, 0.3) is 0 Å². The zero-order chi connectivity index (χ0) is 13.7. The van der Waals surface area contributed by atoms with Gasteiger partial charge in [-0.15, -0.1) is 5.10 Å². The number of rotatable bonds is 5. The lowest BCUT2D eigenvalue weighted by Crippen LogP contribution is -2.26. The number of aromatic nitrogens is 3. The molecule has 2 heterocycles. The SMILES string of the molecule is C=CC(=O)NCCC(=O)Nc1nc2n(n1)CCCC2. The van der Waals surface area contributed by atoms with E-state index in [1.807, 2.05) is 4.68 Å². The Kier molecular flexibility index (Phi) is 4.27. The molecule has 1 aliphatic rings. The molecule has 2 N–H and O–H groups in total. The molecule has 0 atom stereocenters. The summed E-state index contributed by atoms with van der Waals surface area (Å²) >= 11 is 0. The Hall–Kier alpha value is -2.18. The fourth-order valence-electron chi connectivity index (χ4n) is 1.89. The summed E-state index contributed by atoms with van der Waals surface area (Å²) in [6.45, 7) is 4.45. The van der Waals surface area contributed by atoms with E-state index < -0.39 is 0 Å². The maximum atomic E-state index is 11.6. The lowest BCUT2D eigenvalue weighted by Gasteiger charge is -2.09. The van der Waals surface area contributed by atoms with Crippen LogP contribution in [0, 0.1) is 0 Å². The highest BCUT2D eigenvalue weighted by atomic mass is 16.2. The molecule has 0 aromatic carbocycles. The molecular weight excluding hydrogens is 246 g/mol. The summed E-state index contributed by atoms with van der Waals surface area (Å²) in [6, 6.07) is 0. The lowest BCUT2D eigenvalue weighted by atomic mass is 10.2. The smallest absolute Gasteiger partial charge is 0.248 e. The van der Waals surface area contributed by atoms with Gasteiger partial charge in [0.2, 0.25) is 17.8 Å². The molecule has 2 amide bonds. The molecule has 0 unspecified atom stereocenters. The number of aryl methyl sites for hydroxylation is 2. The highest BCUT2D eigenvalue weighted by Crippen LogP contribution is 2.13. The number of carbonyl (C=O) groups excluding carboxylic acids is 2. The van der Waals surface area contributed by atoms with Gasteiger partial charge in [-0.1, -0.05) is 6.58 Å². The van der Waals surface area contributed by atoms with Crippen LogP contribution in [0.1, 0.15) is 25.1 Å². The van der Waals surface area contributed by atoms with Crippen molar-refractivity contribution in [3.05, 3.63) is 18.5 Å². The normalized spacial score (nSPS) is 13.5. The first-order valence-electron chi connectivity index (χ1n) is 6.33. The van der Waals surface area contributed by atoms with Crippen LogP contribution in [0.15, 0.2) is 12.7 Å². The fraction of sp³-hybridized carbons (Fsp3) is 0.500. The summed E-state index contributed by atoms with van der Waals surface area (Å²) in [5.41, 5.74) is 0. The topological polar surface area (TPSA) is 88.9 Å². The van der Waals surface area contributed by atoms with Gasteiger partial charge >= 0.3 is 0 Å². The molecule has 1 aliphatic heterocycles. The van der Waals surface area contributed by atoms with E-state index in [2.05, 4.69) is 27.3 Å². The van der Waals surface area contributed by atoms with Crippen molar-refractivity contribution in [3.8, 4) is 0 Å². The molecule has 0 fully saturated rings. The van der Waals surface area contributed by atoms with E-state index in [-0.39, 0.29) is 24.8 Å². The van der Waals surface area contributed by atoms with E-state index in [0.29, 0.717) is 5.95 Å². The molecule has 0 radical (unpaired) electrons. The molecule has 7 nitrogen and oxygen atoms in total. The molecule has 0 spiro atoms. The van der Waals surface area contributed by atoms with Crippen LogP contribution in [0.5, 0.6) is 0 Å². The predicted molar refractivity (Wildman–Crippen MR) is 69.4 cm³/mol. The molecule has 0 saturated heterocycles. The van der Waals surface area contributed by atoms with Gasteiger partial charge in [-0.05, 0) is 18.9 Å². The van der Waals surface area contributed by atoms with Gasteiger partial charge in [-0.3, -0.25) is 14.9 Å². The minimum atomic E-state index is -0.289. The number of hydrogen-bond donors (Lipinski definition) is 2. The van der Waals surface area contributed by atoms with E-state index in [1.165, 1.54) is 6.08 Å². The molecule has 102 valence electrons. The van der Waals surface area contributed by atoms with E-state index in [0.717, 1.165) is 31.6 Å². The van der Waals surface area contributed by atoms with Gasteiger partial charge in [-0.2, -0.15) is 4.98 Å². The average molecular weight is 263 g/mol. The van der Waals surface area contributed by atoms with Gasteiger partial charge in [0.05, 0.1) is 0 Å². The minimum Gasteiger partial charge on any atom is -0.352 e. The summed E-state index contributed by atoms with van der Waals surface area (Å²) in [5.74, 6) is 0.758. The van der Waals surface area contributed by atoms with Gasteiger partial charge in [0.1, 0.15) is 5.82 Å². The van der Waals surface area contributed by atoms with Crippen LogP contribution in [-0.2, 0) is 22.6 Å². The third kappa shape index (κ3) is 3.64. The Morgan fingerprint density at radius 3 is 3.00 bits per heavy atom. The van der Waals surface area contributed by atoms with Crippen molar-refractivity contribution in [1.29, 1.82) is 0 Å². The standard InChI is InChI=1S/C12H17N5O2/c1-2-10(18)13-7-6-11(19)15-12-14-9-5-3-4-8-17(9)16-12/h2H,1,3-8H2,(H,13,18)(H,15,16,19). The number of carbonyl (C=O) groups is 2. The van der Waals surface area contributed by atoms with E-state index in [1.54, 1.807) is 0 Å². The van der Waals surface area contributed by atoms with Crippen molar-refractivity contribution in [1.82, 2.24) is 20.1 Å². The molecule has 1 aromatic rings. The molecule has 0 aliphatic carbocycles. The van der Waals surface area contributed by atoms with Crippen molar-refractivity contribution in [2.24, 2.45) is 0 Å². The Labute approximate surface area is 111 Å². The first-order chi connectivity index (χ1) is 9.19. The number of anilines is 1. The second kappa shape index (κ2) is 6.12. The number of nitrogens with zero attached hydrogens (tertiary/aromatic N) is 3. The quantitative estimate of drug-likeness (QED) is 0.745. The van der Waals surface area contributed by atoms with E-state index in [4.69, 9.17) is 0 Å². The highest BCUT2D eigenvalue weighted by Gasteiger charge is 2.15. The highest BCUT2D eigenvalue weighted by molar-refractivity contribution is 5.90. The van der Waals surface area contributed by atoms with Crippen LogP contribution in [0.3, 0.4) is 0 Å². The second-order valence-corrected chi connectivity index (χ2v) is 4.33. The maximum absolute atomic E-state index is 11.6. The first kappa shape index (κ1) is 13.3. The van der Waals surface area contributed by atoms with Crippen LogP contribution < -0.4 is 10.6 Å². The van der Waals surface area contributed by atoms with Crippen LogP contribution in [0.4, 0.5) is 5.95 Å². The molecule has 19 heavy (non-hydrogen) atoms. The molecule has 7 heteroatoms. The average Bonchev–Trinajstić information content (AvgIpc) is 2.80. The second-order valence-electron chi connectivity index (χ2n) is 4.33. The van der Waals surface area contributed by atoms with Gasteiger partial charge in [0, 0.05) is 25.9 Å². The van der Waals surface area contributed by atoms with Crippen molar-refractivity contribution >= 4 is 17.8 Å². The van der Waals surface area contributed by atoms with E-state index >= 15 is 0 Å². The Morgan fingerprint density at radius 2 is 2.26 bits per heavy atom. The lowest BCUT2D eigenvalue weighted by molar-refractivity contribution is -0.117. The maximum Gasteiger partial charge on any atom is 0.248 e. The molecular formula is C12H17N5O2. The van der Waals surface area contributed by atoms with Crippen molar-refractivity contribution in [2.75, 3.05) is 11.9 Å². The van der Waals surface area contributed by atoms with Gasteiger partial charge < -0.3 is 5.32 Å². The van der Waals surface area contributed by atoms with Crippen molar-refractivity contribution in [2.45, 2.75) is 32.2 Å². The fourth-order valence-corrected chi connectivity index (χ4v) is 1.89. The first-order valence-corrected chi connectivity index (χ1v) is 6.33. The number of nitrogens with one attached hydrogen (secondary N) is 2. The summed E-state index contributed by atoms with van der Waals surface area (Å²) in [7, 11) is 0.